The summed E-state index contributed by atoms with van der Waals surface area (Å²) in [6.45, 7) is 7.40. The molecule has 9 nitrogen and oxygen atoms in total. The fourth-order valence-electron chi connectivity index (χ4n) is 5.85. The van der Waals surface area contributed by atoms with E-state index in [0.29, 0.717) is 49.8 Å². The largest absolute Gasteiger partial charge is 0.476 e. The molecular weight excluding hydrogens is 530 g/mol. The summed E-state index contributed by atoms with van der Waals surface area (Å²) in [5, 5.41) is 3.00. The first-order valence-electron chi connectivity index (χ1n) is 14.6. The van der Waals surface area contributed by atoms with Crippen molar-refractivity contribution in [2.24, 2.45) is 10.9 Å². The minimum atomic E-state index is -0.846. The molecule has 11 heteroatoms. The Morgan fingerprint density at radius 1 is 1.07 bits per heavy atom. The van der Waals surface area contributed by atoms with E-state index >= 15 is 0 Å². The maximum atomic E-state index is 13.8. The summed E-state index contributed by atoms with van der Waals surface area (Å²) in [7, 11) is 0. The van der Waals surface area contributed by atoms with Crippen molar-refractivity contribution in [3.8, 4) is 5.88 Å². The number of aromatic nitrogens is 3. The average Bonchev–Trinajstić information content (AvgIpc) is 3.29. The van der Waals surface area contributed by atoms with Crippen molar-refractivity contribution in [3.05, 3.63) is 53.3 Å². The van der Waals surface area contributed by atoms with E-state index in [1.54, 1.807) is 6.20 Å². The number of hydrogen-bond acceptors (Lipinski definition) is 5. The van der Waals surface area contributed by atoms with E-state index in [9.17, 15) is 18.4 Å². The minimum Gasteiger partial charge on any atom is -0.476 e. The third-order valence-corrected chi connectivity index (χ3v) is 7.88. The minimum absolute atomic E-state index is 0.0498. The SMILES string of the molecule is CC(C)NC(=O)C1CCC(n2/c(=N/C(=O)c3cc(F)cc(F)c3)[nH]c3cnc(OCCN4CCCCC4)cc32)CC1. The van der Waals surface area contributed by atoms with Gasteiger partial charge in [-0.2, -0.15) is 4.99 Å². The summed E-state index contributed by atoms with van der Waals surface area (Å²) in [5.74, 6) is -2.00. The molecule has 3 heterocycles. The van der Waals surface area contributed by atoms with Gasteiger partial charge in [-0.05, 0) is 77.6 Å². The lowest BCUT2D eigenvalue weighted by molar-refractivity contribution is -0.126. The highest BCUT2D eigenvalue weighted by molar-refractivity contribution is 5.95. The molecule has 0 bridgehead atoms. The summed E-state index contributed by atoms with van der Waals surface area (Å²) in [6.07, 6.45) is 8.13. The normalized spacial score (nSPS) is 20.5. The van der Waals surface area contributed by atoms with Gasteiger partial charge in [0.05, 0.1) is 17.2 Å². The molecule has 2 amide bonds. The highest BCUT2D eigenvalue weighted by Gasteiger charge is 2.29. The molecule has 220 valence electrons. The number of pyridine rings is 1. The Kier molecular flexibility index (Phi) is 9.12. The molecule has 2 aromatic heterocycles. The Morgan fingerprint density at radius 3 is 2.46 bits per heavy atom. The number of nitrogens with one attached hydrogen (secondary N) is 2. The smallest absolute Gasteiger partial charge is 0.280 e. The zero-order chi connectivity index (χ0) is 28.9. The van der Waals surface area contributed by atoms with Gasteiger partial charge in [-0.25, -0.2) is 13.8 Å². The number of hydrogen-bond donors (Lipinski definition) is 2. The Morgan fingerprint density at radius 2 is 1.78 bits per heavy atom. The van der Waals surface area contributed by atoms with E-state index < -0.39 is 17.5 Å². The molecule has 2 fully saturated rings. The second kappa shape index (κ2) is 12.9. The predicted octanol–water partition coefficient (Wildman–Crippen LogP) is 4.50. The molecule has 1 saturated heterocycles. The number of amides is 2. The van der Waals surface area contributed by atoms with Crippen LogP contribution in [0.15, 0.2) is 35.5 Å². The Labute approximate surface area is 238 Å². The topological polar surface area (TPSA) is 105 Å². The van der Waals surface area contributed by atoms with Gasteiger partial charge in [-0.15, -0.1) is 0 Å². The van der Waals surface area contributed by atoms with Crippen molar-refractivity contribution in [1.82, 2.24) is 24.8 Å². The van der Waals surface area contributed by atoms with Crippen LogP contribution < -0.4 is 15.7 Å². The van der Waals surface area contributed by atoms with Crippen molar-refractivity contribution in [3.63, 3.8) is 0 Å². The standard InChI is InChI=1S/C30H38F2N6O3/c1-19(2)34-28(39)20-6-8-24(9-7-20)38-26-17-27(41-13-12-37-10-4-3-5-11-37)33-18-25(26)35-30(38)36-29(40)21-14-22(31)16-23(32)15-21/h14-20,24H,3-13H2,1-2H3,(H,34,39)(H,35,36,40). The number of carbonyl (C=O) groups is 2. The van der Waals surface area contributed by atoms with E-state index in [4.69, 9.17) is 4.74 Å². The number of rotatable bonds is 8. The zero-order valence-corrected chi connectivity index (χ0v) is 23.7. The first-order chi connectivity index (χ1) is 19.8. The Bertz CT molecular complexity index is 1430. The van der Waals surface area contributed by atoms with E-state index in [-0.39, 0.29) is 35.1 Å². The van der Waals surface area contributed by atoms with Crippen LogP contribution in [0, 0.1) is 17.6 Å². The number of fused-ring (bicyclic) bond motifs is 1. The van der Waals surface area contributed by atoms with E-state index in [0.717, 1.165) is 37.3 Å². The number of nitrogens with zero attached hydrogens (tertiary/aromatic N) is 4. The van der Waals surface area contributed by atoms with Gasteiger partial charge in [0.15, 0.2) is 0 Å². The molecule has 1 aromatic carbocycles. The lowest BCUT2D eigenvalue weighted by Crippen LogP contribution is -2.38. The number of piperidine rings is 1. The number of benzene rings is 1. The fraction of sp³-hybridized carbons (Fsp3) is 0.533. The fourth-order valence-corrected chi connectivity index (χ4v) is 5.85. The highest BCUT2D eigenvalue weighted by Crippen LogP contribution is 2.34. The second-order valence-electron chi connectivity index (χ2n) is 11.4. The van der Waals surface area contributed by atoms with Crippen molar-refractivity contribution >= 4 is 22.8 Å². The van der Waals surface area contributed by atoms with Crippen LogP contribution in [0.2, 0.25) is 0 Å². The Balaban J connectivity index is 1.43. The highest BCUT2D eigenvalue weighted by atomic mass is 19.1. The van der Waals surface area contributed by atoms with Gasteiger partial charge in [0.1, 0.15) is 18.2 Å². The number of imidazole rings is 1. The number of ether oxygens (including phenoxy) is 1. The van der Waals surface area contributed by atoms with Gasteiger partial charge >= 0.3 is 0 Å². The van der Waals surface area contributed by atoms with Gasteiger partial charge < -0.3 is 19.6 Å². The van der Waals surface area contributed by atoms with Crippen molar-refractivity contribution < 1.29 is 23.1 Å². The summed E-state index contributed by atoms with van der Waals surface area (Å²) < 4.78 is 35.6. The monoisotopic (exact) mass is 568 g/mol. The average molecular weight is 569 g/mol. The molecular formula is C30H38F2N6O3. The molecule has 2 aliphatic rings. The third kappa shape index (κ3) is 7.19. The number of halogens is 2. The van der Waals surface area contributed by atoms with Crippen LogP contribution in [-0.4, -0.2) is 63.5 Å². The summed E-state index contributed by atoms with van der Waals surface area (Å²) in [5.41, 5.74) is 1.50. The summed E-state index contributed by atoms with van der Waals surface area (Å²) in [4.78, 5) is 39.9. The quantitative estimate of drug-likeness (QED) is 0.416. The maximum absolute atomic E-state index is 13.8. The molecule has 0 spiro atoms. The van der Waals surface area contributed by atoms with Crippen molar-refractivity contribution in [2.45, 2.75) is 70.9 Å². The molecule has 3 aromatic rings. The van der Waals surface area contributed by atoms with Crippen molar-refractivity contribution in [1.29, 1.82) is 0 Å². The molecule has 1 aliphatic heterocycles. The summed E-state index contributed by atoms with van der Waals surface area (Å²) in [6, 6.07) is 4.52. The van der Waals surface area contributed by atoms with Gasteiger partial charge in [-0.3, -0.25) is 14.5 Å². The Hall–Kier alpha value is -3.60. The molecule has 1 aliphatic carbocycles. The zero-order valence-electron chi connectivity index (χ0n) is 23.7. The lowest BCUT2D eigenvalue weighted by atomic mass is 9.85. The van der Waals surface area contributed by atoms with Crippen LogP contribution in [0.1, 0.15) is 75.2 Å². The van der Waals surface area contributed by atoms with Crippen LogP contribution in [0.25, 0.3) is 11.0 Å². The van der Waals surface area contributed by atoms with Gasteiger partial charge in [0.25, 0.3) is 5.91 Å². The van der Waals surface area contributed by atoms with Gasteiger partial charge in [0, 0.05) is 42.2 Å². The first kappa shape index (κ1) is 28.9. The van der Waals surface area contributed by atoms with Crippen LogP contribution in [-0.2, 0) is 4.79 Å². The van der Waals surface area contributed by atoms with Crippen molar-refractivity contribution in [2.75, 3.05) is 26.2 Å². The molecule has 0 radical (unpaired) electrons. The molecule has 1 saturated carbocycles. The second-order valence-corrected chi connectivity index (χ2v) is 11.4. The molecule has 0 unspecified atom stereocenters. The maximum Gasteiger partial charge on any atom is 0.280 e. The molecule has 0 atom stereocenters. The van der Waals surface area contributed by atoms with E-state index in [2.05, 4.69) is 25.2 Å². The first-order valence-corrected chi connectivity index (χ1v) is 14.6. The predicted molar refractivity (Wildman–Crippen MR) is 150 cm³/mol. The lowest BCUT2D eigenvalue weighted by Gasteiger charge is -2.29. The third-order valence-electron chi connectivity index (χ3n) is 7.88. The molecule has 41 heavy (non-hydrogen) atoms. The molecule has 5 rings (SSSR count). The number of H-pyrrole nitrogens is 1. The van der Waals surface area contributed by atoms with E-state index in [1.807, 2.05) is 24.5 Å². The van der Waals surface area contributed by atoms with Crippen LogP contribution in [0.5, 0.6) is 5.88 Å². The van der Waals surface area contributed by atoms with E-state index in [1.165, 1.54) is 19.3 Å². The summed E-state index contributed by atoms with van der Waals surface area (Å²) >= 11 is 0. The van der Waals surface area contributed by atoms with Crippen LogP contribution >= 0.6 is 0 Å². The van der Waals surface area contributed by atoms with Gasteiger partial charge in [0.2, 0.25) is 17.4 Å². The van der Waals surface area contributed by atoms with Crippen LogP contribution in [0.4, 0.5) is 8.78 Å². The number of aromatic amines is 1. The van der Waals surface area contributed by atoms with Gasteiger partial charge in [-0.1, -0.05) is 6.42 Å². The number of carbonyl (C=O) groups excluding carboxylic acids is 2. The molecule has 2 N–H and O–H groups in total. The number of likely N-dealkylation sites (tertiary alicyclic amines) is 1. The van der Waals surface area contributed by atoms with Crippen LogP contribution in [0.3, 0.4) is 0 Å².